The first-order chi connectivity index (χ1) is 5.46. The van der Waals surface area contributed by atoms with Gasteiger partial charge in [0.05, 0.1) is 0 Å². The van der Waals surface area contributed by atoms with Crippen molar-refractivity contribution in [2.45, 2.75) is 13.8 Å². The van der Waals surface area contributed by atoms with Gasteiger partial charge in [0, 0.05) is 5.92 Å². The van der Waals surface area contributed by atoms with Crippen LogP contribution >= 0.6 is 0 Å². The van der Waals surface area contributed by atoms with Crippen molar-refractivity contribution in [2.24, 2.45) is 11.8 Å². The van der Waals surface area contributed by atoms with Crippen LogP contribution in [0.2, 0.25) is 0 Å². The number of aliphatic carboxylic acids is 1. The minimum Gasteiger partial charge on any atom is -0.504 e. The van der Waals surface area contributed by atoms with Crippen LogP contribution in [0.1, 0.15) is 13.8 Å². The van der Waals surface area contributed by atoms with Crippen LogP contribution in [0, 0.1) is 11.8 Å². The second kappa shape index (κ2) is 2.62. The van der Waals surface area contributed by atoms with Crippen LogP contribution in [0.4, 0.5) is 0 Å². The summed E-state index contributed by atoms with van der Waals surface area (Å²) in [4.78, 5) is 21.6. The van der Waals surface area contributed by atoms with E-state index in [0.29, 0.717) is 5.57 Å². The lowest BCUT2D eigenvalue weighted by Gasteiger charge is -2.08. The number of hydrogen-bond acceptors (Lipinski definition) is 3. The number of ketones is 1. The highest BCUT2D eigenvalue weighted by Gasteiger charge is 2.42. The quantitative estimate of drug-likeness (QED) is 0.569. The lowest BCUT2D eigenvalue weighted by molar-refractivity contribution is -0.146. The number of carboxylic acid groups (broad SMARTS) is 1. The molecule has 1 rings (SSSR count). The van der Waals surface area contributed by atoms with Crippen LogP contribution in [0.5, 0.6) is 0 Å². The second-order valence-electron chi connectivity index (χ2n) is 3.00. The fraction of sp³-hybridized carbons (Fsp3) is 0.500. The lowest BCUT2D eigenvalue weighted by atomic mass is 9.93. The normalized spacial score (nSPS) is 29.7. The molecule has 4 nitrogen and oxygen atoms in total. The van der Waals surface area contributed by atoms with Crippen LogP contribution in [0.15, 0.2) is 11.3 Å². The van der Waals surface area contributed by atoms with Gasteiger partial charge in [0.15, 0.2) is 5.76 Å². The third-order valence-electron chi connectivity index (χ3n) is 2.34. The van der Waals surface area contributed by atoms with Crippen molar-refractivity contribution < 1.29 is 19.8 Å². The van der Waals surface area contributed by atoms with Crippen molar-refractivity contribution in [1.82, 2.24) is 0 Å². The molecule has 4 heteroatoms. The molecule has 2 atom stereocenters. The Morgan fingerprint density at radius 3 is 2.17 bits per heavy atom. The molecule has 0 amide bonds. The number of hydrogen-bond donors (Lipinski definition) is 2. The summed E-state index contributed by atoms with van der Waals surface area (Å²) < 4.78 is 0. The maximum atomic E-state index is 11.1. The maximum absolute atomic E-state index is 11.1. The molecule has 0 bridgehead atoms. The predicted octanol–water partition coefficient (Wildman–Crippen LogP) is 0.738. The molecular formula is C8H10O4. The van der Waals surface area contributed by atoms with Gasteiger partial charge in [0.25, 0.3) is 0 Å². The van der Waals surface area contributed by atoms with Crippen LogP contribution in [0.3, 0.4) is 0 Å². The standard InChI is InChI=1S/C8H10O4/c1-3-4(2)6(9)7(10)5(3)8(11)12/h3,5,9H,1-2H3,(H,11,12). The molecule has 1 aliphatic rings. The lowest BCUT2D eigenvalue weighted by Crippen LogP contribution is -2.25. The van der Waals surface area contributed by atoms with Gasteiger partial charge in [-0.05, 0) is 12.5 Å². The summed E-state index contributed by atoms with van der Waals surface area (Å²) in [6.07, 6.45) is 0. The molecule has 0 saturated heterocycles. The summed E-state index contributed by atoms with van der Waals surface area (Å²) in [6, 6.07) is 0. The molecule has 0 saturated carbocycles. The SMILES string of the molecule is CC1=C(O)C(=O)C(C(=O)O)C1C. The summed E-state index contributed by atoms with van der Waals surface area (Å²) in [5, 5.41) is 17.8. The van der Waals surface area contributed by atoms with Crippen molar-refractivity contribution in [3.8, 4) is 0 Å². The number of carboxylic acids is 1. The van der Waals surface area contributed by atoms with E-state index in [0.717, 1.165) is 0 Å². The predicted molar refractivity (Wildman–Crippen MR) is 40.6 cm³/mol. The van der Waals surface area contributed by atoms with Crippen LogP contribution in [0.25, 0.3) is 0 Å². The highest BCUT2D eigenvalue weighted by atomic mass is 16.4. The smallest absolute Gasteiger partial charge is 0.315 e. The molecule has 0 radical (unpaired) electrons. The molecule has 0 aromatic rings. The molecule has 0 aromatic heterocycles. The molecule has 0 fully saturated rings. The Kier molecular flexibility index (Phi) is 1.92. The number of allylic oxidation sites excluding steroid dienone is 2. The van der Waals surface area contributed by atoms with Gasteiger partial charge in [-0.3, -0.25) is 9.59 Å². The van der Waals surface area contributed by atoms with E-state index in [1.54, 1.807) is 13.8 Å². The Morgan fingerprint density at radius 1 is 1.50 bits per heavy atom. The van der Waals surface area contributed by atoms with E-state index in [1.807, 2.05) is 0 Å². The summed E-state index contributed by atoms with van der Waals surface area (Å²) in [7, 11) is 0. The van der Waals surface area contributed by atoms with E-state index >= 15 is 0 Å². The van der Waals surface area contributed by atoms with Gasteiger partial charge >= 0.3 is 5.97 Å². The molecule has 2 N–H and O–H groups in total. The molecule has 12 heavy (non-hydrogen) atoms. The fourth-order valence-electron chi connectivity index (χ4n) is 1.36. The zero-order valence-electron chi connectivity index (χ0n) is 6.87. The molecule has 66 valence electrons. The van der Waals surface area contributed by atoms with Crippen LogP contribution in [-0.4, -0.2) is 22.0 Å². The number of aliphatic hydroxyl groups is 1. The fourth-order valence-corrected chi connectivity index (χ4v) is 1.36. The Bertz CT molecular complexity index is 277. The van der Waals surface area contributed by atoms with Crippen molar-refractivity contribution in [3.63, 3.8) is 0 Å². The first-order valence-corrected chi connectivity index (χ1v) is 3.63. The summed E-state index contributed by atoms with van der Waals surface area (Å²) in [5.74, 6) is -3.71. The summed E-state index contributed by atoms with van der Waals surface area (Å²) in [6.45, 7) is 3.19. The minimum absolute atomic E-state index is 0.380. The van der Waals surface area contributed by atoms with Crippen molar-refractivity contribution >= 4 is 11.8 Å². The number of carbonyl (C=O) groups excluding carboxylic acids is 1. The van der Waals surface area contributed by atoms with Crippen LogP contribution < -0.4 is 0 Å². The molecule has 0 spiro atoms. The first kappa shape index (κ1) is 8.77. The van der Waals surface area contributed by atoms with Gasteiger partial charge in [-0.25, -0.2) is 0 Å². The average molecular weight is 170 g/mol. The van der Waals surface area contributed by atoms with Gasteiger partial charge in [0.2, 0.25) is 5.78 Å². The Balaban J connectivity index is 3.03. The largest absolute Gasteiger partial charge is 0.504 e. The van der Waals surface area contributed by atoms with Crippen molar-refractivity contribution in [2.75, 3.05) is 0 Å². The number of Topliss-reactive ketones (excluding diaryl/α,β-unsaturated/α-hetero) is 1. The molecule has 2 unspecified atom stereocenters. The Hall–Kier alpha value is -1.32. The van der Waals surface area contributed by atoms with Gasteiger partial charge in [-0.2, -0.15) is 0 Å². The maximum Gasteiger partial charge on any atom is 0.315 e. The van der Waals surface area contributed by atoms with E-state index in [4.69, 9.17) is 10.2 Å². The third-order valence-corrected chi connectivity index (χ3v) is 2.34. The number of rotatable bonds is 1. The first-order valence-electron chi connectivity index (χ1n) is 3.63. The Morgan fingerprint density at radius 2 is 2.00 bits per heavy atom. The van der Waals surface area contributed by atoms with Gasteiger partial charge < -0.3 is 10.2 Å². The Labute approximate surface area is 69.5 Å². The zero-order chi connectivity index (χ0) is 9.46. The van der Waals surface area contributed by atoms with E-state index < -0.39 is 23.6 Å². The summed E-state index contributed by atoms with van der Waals surface area (Å²) in [5.41, 5.74) is 0.465. The number of aliphatic hydroxyl groups excluding tert-OH is 1. The van der Waals surface area contributed by atoms with E-state index in [1.165, 1.54) is 0 Å². The van der Waals surface area contributed by atoms with Crippen molar-refractivity contribution in [3.05, 3.63) is 11.3 Å². The topological polar surface area (TPSA) is 74.6 Å². The van der Waals surface area contributed by atoms with Gasteiger partial charge in [-0.1, -0.05) is 6.92 Å². The monoisotopic (exact) mass is 170 g/mol. The minimum atomic E-state index is -1.17. The van der Waals surface area contributed by atoms with E-state index in [-0.39, 0.29) is 5.76 Å². The van der Waals surface area contributed by atoms with Crippen LogP contribution in [-0.2, 0) is 9.59 Å². The molecular weight excluding hydrogens is 160 g/mol. The van der Waals surface area contributed by atoms with Gasteiger partial charge in [-0.15, -0.1) is 0 Å². The zero-order valence-corrected chi connectivity index (χ0v) is 6.87. The van der Waals surface area contributed by atoms with Crippen molar-refractivity contribution in [1.29, 1.82) is 0 Å². The third kappa shape index (κ3) is 0.995. The molecule has 0 aliphatic heterocycles. The van der Waals surface area contributed by atoms with Gasteiger partial charge in [0.1, 0.15) is 5.92 Å². The average Bonchev–Trinajstić information content (AvgIpc) is 2.16. The van der Waals surface area contributed by atoms with E-state index in [2.05, 4.69) is 0 Å². The number of carbonyl (C=O) groups is 2. The molecule has 0 heterocycles. The highest BCUT2D eigenvalue weighted by Crippen LogP contribution is 2.32. The highest BCUT2D eigenvalue weighted by molar-refractivity contribution is 6.09. The molecule has 1 aliphatic carbocycles. The summed E-state index contributed by atoms with van der Waals surface area (Å²) >= 11 is 0. The molecule has 0 aromatic carbocycles. The van der Waals surface area contributed by atoms with E-state index in [9.17, 15) is 9.59 Å². The second-order valence-corrected chi connectivity index (χ2v) is 3.00.